The van der Waals surface area contributed by atoms with Gasteiger partial charge in [-0.25, -0.2) is 24.3 Å². The minimum atomic E-state index is -5.08. The number of halogens is 4. The van der Waals surface area contributed by atoms with Crippen LogP contribution in [0.15, 0.2) is 53.6 Å². The molecule has 0 fully saturated rings. The molecule has 0 bridgehead atoms. The standard InChI is InChI=1S/C24H18F4N8O4/c25-16-5-1-12(7-20(16)40-24(26,27)28)10-29-21(37)18-9-19(31-11-30-18)22(38)32-17-6-2-13-8-14(3-4-15(13)17)36-23(39)33-34-35-36/h1,3-5,7-9,11,17H,2,6,10H2,(H,29,37)(H,32,38)(H,33,35,39)/t17-/m1/s1. The number of hydrogen-bond donors (Lipinski definition) is 3. The fourth-order valence-electron chi connectivity index (χ4n) is 4.22. The van der Waals surface area contributed by atoms with E-state index in [-0.39, 0.29) is 29.5 Å². The first-order valence-electron chi connectivity index (χ1n) is 11.7. The van der Waals surface area contributed by atoms with Crippen molar-refractivity contribution in [2.75, 3.05) is 0 Å². The van der Waals surface area contributed by atoms with Crippen molar-refractivity contribution in [3.63, 3.8) is 0 Å². The Morgan fingerprint density at radius 3 is 2.58 bits per heavy atom. The van der Waals surface area contributed by atoms with E-state index in [4.69, 9.17) is 0 Å². The lowest BCUT2D eigenvalue weighted by atomic mass is 10.1. The zero-order valence-corrected chi connectivity index (χ0v) is 20.2. The third-order valence-electron chi connectivity index (χ3n) is 6.03. The van der Waals surface area contributed by atoms with E-state index in [1.807, 2.05) is 0 Å². The smallest absolute Gasteiger partial charge is 0.403 e. The van der Waals surface area contributed by atoms with Crippen LogP contribution >= 0.6 is 0 Å². The largest absolute Gasteiger partial charge is 0.573 e. The van der Waals surface area contributed by atoms with Gasteiger partial charge >= 0.3 is 12.1 Å². The summed E-state index contributed by atoms with van der Waals surface area (Å²) < 4.78 is 55.7. The third-order valence-corrected chi connectivity index (χ3v) is 6.03. The van der Waals surface area contributed by atoms with Crippen LogP contribution in [0.25, 0.3) is 5.69 Å². The summed E-state index contributed by atoms with van der Waals surface area (Å²) in [7, 11) is 0. The summed E-state index contributed by atoms with van der Waals surface area (Å²) in [6, 6.07) is 8.86. The van der Waals surface area contributed by atoms with E-state index < -0.39 is 35.4 Å². The Morgan fingerprint density at radius 1 is 1.07 bits per heavy atom. The van der Waals surface area contributed by atoms with Crippen LogP contribution in [0.3, 0.4) is 0 Å². The molecule has 1 atom stereocenters. The Kier molecular flexibility index (Phi) is 6.98. The van der Waals surface area contributed by atoms with Crippen LogP contribution in [0.2, 0.25) is 0 Å². The molecule has 5 rings (SSSR count). The number of benzene rings is 2. The second-order valence-electron chi connectivity index (χ2n) is 8.65. The summed E-state index contributed by atoms with van der Waals surface area (Å²) >= 11 is 0. The molecule has 40 heavy (non-hydrogen) atoms. The molecule has 1 aliphatic carbocycles. The van der Waals surface area contributed by atoms with Gasteiger partial charge in [-0.3, -0.25) is 9.59 Å². The van der Waals surface area contributed by atoms with Crippen LogP contribution in [0.1, 0.15) is 50.1 Å². The number of carbonyl (C=O) groups excluding carboxylic acids is 2. The number of nitrogens with zero attached hydrogens (tertiary/aromatic N) is 5. The van der Waals surface area contributed by atoms with Gasteiger partial charge in [0.1, 0.15) is 17.7 Å². The van der Waals surface area contributed by atoms with Crippen molar-refractivity contribution in [2.24, 2.45) is 0 Å². The molecular formula is C24H18F4N8O4. The van der Waals surface area contributed by atoms with Crippen molar-refractivity contribution in [2.45, 2.75) is 31.8 Å². The fourth-order valence-corrected chi connectivity index (χ4v) is 4.22. The minimum Gasteiger partial charge on any atom is -0.403 e. The number of amides is 2. The second-order valence-corrected chi connectivity index (χ2v) is 8.65. The van der Waals surface area contributed by atoms with Gasteiger partial charge in [0.25, 0.3) is 11.8 Å². The molecule has 0 spiro atoms. The summed E-state index contributed by atoms with van der Waals surface area (Å²) in [6.45, 7) is -0.264. The molecule has 0 saturated heterocycles. The first kappa shape index (κ1) is 26.5. The van der Waals surface area contributed by atoms with Gasteiger partial charge in [0.2, 0.25) is 0 Å². The van der Waals surface area contributed by atoms with Crippen LogP contribution in [-0.4, -0.2) is 48.4 Å². The van der Waals surface area contributed by atoms with Crippen molar-refractivity contribution in [1.29, 1.82) is 0 Å². The van der Waals surface area contributed by atoms with E-state index in [1.165, 1.54) is 12.1 Å². The molecular weight excluding hydrogens is 540 g/mol. The lowest BCUT2D eigenvalue weighted by Gasteiger charge is -2.14. The Morgan fingerprint density at radius 2 is 1.85 bits per heavy atom. The molecule has 0 radical (unpaired) electrons. The number of fused-ring (bicyclic) bond motifs is 1. The van der Waals surface area contributed by atoms with Gasteiger partial charge in [0.15, 0.2) is 11.6 Å². The number of tetrazole rings is 1. The molecule has 16 heteroatoms. The first-order chi connectivity index (χ1) is 19.1. The topological polar surface area (TPSA) is 157 Å². The van der Waals surface area contributed by atoms with Crippen molar-refractivity contribution in [1.82, 2.24) is 40.8 Å². The second kappa shape index (κ2) is 10.5. The number of ether oxygens (including phenoxy) is 1. The van der Waals surface area contributed by atoms with Gasteiger partial charge < -0.3 is 15.4 Å². The molecule has 12 nitrogen and oxygen atoms in total. The number of aromatic nitrogens is 6. The molecule has 0 unspecified atom stereocenters. The first-order valence-corrected chi connectivity index (χ1v) is 11.7. The van der Waals surface area contributed by atoms with Crippen LogP contribution in [0, 0.1) is 5.82 Å². The maximum atomic E-state index is 13.6. The number of aromatic amines is 1. The fraction of sp³-hybridized carbons (Fsp3) is 0.208. The van der Waals surface area contributed by atoms with E-state index in [0.717, 1.165) is 34.3 Å². The number of aryl methyl sites for hydroxylation is 1. The van der Waals surface area contributed by atoms with E-state index >= 15 is 0 Å². The SMILES string of the molecule is O=C(NCc1ccc(F)c(OC(F)(F)F)c1)c1cc(C(=O)N[C@@H]2CCc3cc(-n4nn[nH]c4=O)ccc32)ncn1. The molecule has 206 valence electrons. The quantitative estimate of drug-likeness (QED) is 0.291. The number of alkyl halides is 3. The van der Waals surface area contributed by atoms with Crippen molar-refractivity contribution >= 4 is 11.8 Å². The number of hydrogen-bond acceptors (Lipinski definition) is 8. The van der Waals surface area contributed by atoms with Gasteiger partial charge in [-0.2, -0.15) is 4.68 Å². The Balaban J connectivity index is 1.23. The molecule has 3 N–H and O–H groups in total. The normalized spacial score (nSPS) is 14.4. The van der Waals surface area contributed by atoms with Crippen LogP contribution in [0.4, 0.5) is 17.6 Å². The maximum absolute atomic E-state index is 13.6. The average molecular weight is 558 g/mol. The summed E-state index contributed by atoms with van der Waals surface area (Å²) in [5, 5.41) is 14.7. The number of nitrogens with one attached hydrogen (secondary N) is 3. The number of rotatable bonds is 7. The zero-order chi connectivity index (χ0) is 28.4. The monoisotopic (exact) mass is 558 g/mol. The Hall–Kier alpha value is -5.15. The van der Waals surface area contributed by atoms with Crippen LogP contribution in [0.5, 0.6) is 5.75 Å². The Labute approximate surface area is 221 Å². The Bertz CT molecular complexity index is 1650. The molecule has 0 saturated carbocycles. The predicted molar refractivity (Wildman–Crippen MR) is 127 cm³/mol. The summed E-state index contributed by atoms with van der Waals surface area (Å²) in [4.78, 5) is 45.0. The van der Waals surface area contributed by atoms with Crippen LogP contribution in [-0.2, 0) is 13.0 Å². The summed E-state index contributed by atoms with van der Waals surface area (Å²) in [5.74, 6) is -3.54. The maximum Gasteiger partial charge on any atom is 0.573 e. The molecule has 2 amide bonds. The van der Waals surface area contributed by atoms with Gasteiger partial charge in [-0.05, 0) is 64.2 Å². The van der Waals surface area contributed by atoms with Crippen molar-refractivity contribution < 1.29 is 31.9 Å². The van der Waals surface area contributed by atoms with Gasteiger partial charge in [0, 0.05) is 12.6 Å². The highest BCUT2D eigenvalue weighted by Crippen LogP contribution is 2.32. The van der Waals surface area contributed by atoms with E-state index in [1.54, 1.807) is 18.2 Å². The van der Waals surface area contributed by atoms with Crippen molar-refractivity contribution in [3.05, 3.63) is 93.2 Å². The summed E-state index contributed by atoms with van der Waals surface area (Å²) in [5.41, 5.74) is 1.71. The highest BCUT2D eigenvalue weighted by Gasteiger charge is 2.32. The zero-order valence-electron chi connectivity index (χ0n) is 20.2. The van der Waals surface area contributed by atoms with Crippen molar-refractivity contribution in [3.8, 4) is 11.4 Å². The lowest BCUT2D eigenvalue weighted by Crippen LogP contribution is -2.29. The van der Waals surface area contributed by atoms with Gasteiger partial charge in [-0.15, -0.1) is 13.2 Å². The molecule has 4 aromatic rings. The van der Waals surface area contributed by atoms with E-state index in [9.17, 15) is 31.9 Å². The lowest BCUT2D eigenvalue weighted by molar-refractivity contribution is -0.275. The average Bonchev–Trinajstić information content (AvgIpc) is 3.53. The molecule has 2 aromatic heterocycles. The predicted octanol–water partition coefficient (Wildman–Crippen LogP) is 2.13. The van der Waals surface area contributed by atoms with Gasteiger partial charge in [0.05, 0.1) is 11.7 Å². The highest BCUT2D eigenvalue weighted by molar-refractivity contribution is 5.97. The molecule has 2 heterocycles. The number of carbonyl (C=O) groups is 2. The van der Waals surface area contributed by atoms with Gasteiger partial charge in [-0.1, -0.05) is 12.1 Å². The molecule has 0 aliphatic heterocycles. The third kappa shape index (κ3) is 5.79. The summed E-state index contributed by atoms with van der Waals surface area (Å²) in [6.07, 6.45) is -2.82. The number of H-pyrrole nitrogens is 1. The highest BCUT2D eigenvalue weighted by atomic mass is 19.4. The minimum absolute atomic E-state index is 0.0815. The molecule has 2 aromatic carbocycles. The van der Waals surface area contributed by atoms with E-state index in [2.05, 4.69) is 40.9 Å². The molecule has 1 aliphatic rings. The van der Waals surface area contributed by atoms with E-state index in [0.29, 0.717) is 18.5 Å². The van der Waals surface area contributed by atoms with Crippen LogP contribution < -0.4 is 21.1 Å².